The first-order chi connectivity index (χ1) is 15.1. The molecule has 1 aliphatic rings. The second-order valence-electron chi connectivity index (χ2n) is 7.88. The molecule has 0 bridgehead atoms. The molecule has 2 heterocycles. The molecule has 0 spiro atoms. The van der Waals surface area contributed by atoms with E-state index in [-0.39, 0.29) is 5.91 Å². The summed E-state index contributed by atoms with van der Waals surface area (Å²) in [6.07, 6.45) is 3.36. The molecule has 1 aliphatic heterocycles. The van der Waals surface area contributed by atoms with Crippen molar-refractivity contribution in [2.45, 2.75) is 33.1 Å². The van der Waals surface area contributed by atoms with Crippen molar-refractivity contribution in [2.24, 2.45) is 0 Å². The molecule has 0 aliphatic carbocycles. The molecule has 4 rings (SSSR count). The maximum atomic E-state index is 13.0. The van der Waals surface area contributed by atoms with E-state index in [0.717, 1.165) is 64.0 Å². The predicted octanol–water partition coefficient (Wildman–Crippen LogP) is 5.79. The molecule has 0 radical (unpaired) electrons. The number of piperazine rings is 1. The van der Waals surface area contributed by atoms with Crippen molar-refractivity contribution in [1.82, 2.24) is 9.88 Å². The number of nitrogens with zero attached hydrogens (tertiary/aromatic N) is 3. The van der Waals surface area contributed by atoms with Gasteiger partial charge in [-0.25, -0.2) is 4.98 Å². The minimum Gasteiger partial charge on any atom is -0.494 e. The minimum absolute atomic E-state index is 0.0607. The number of fused-ring (bicyclic) bond motifs is 1. The summed E-state index contributed by atoms with van der Waals surface area (Å²) in [5.41, 5.74) is 2.68. The average molecular weight is 458 g/mol. The second-order valence-corrected chi connectivity index (χ2v) is 9.29. The highest BCUT2D eigenvalue weighted by Gasteiger charge is 2.24. The summed E-state index contributed by atoms with van der Waals surface area (Å²) in [6.45, 7) is 7.76. The topological polar surface area (TPSA) is 45.7 Å². The molecule has 7 heteroatoms. The van der Waals surface area contributed by atoms with Crippen LogP contribution in [-0.4, -0.2) is 48.6 Å². The van der Waals surface area contributed by atoms with Crippen LogP contribution in [0.15, 0.2) is 36.4 Å². The van der Waals surface area contributed by atoms with Crippen LogP contribution >= 0.6 is 22.9 Å². The zero-order chi connectivity index (χ0) is 21.8. The molecule has 0 N–H and O–H groups in total. The summed E-state index contributed by atoms with van der Waals surface area (Å²) in [7, 11) is 0. The summed E-state index contributed by atoms with van der Waals surface area (Å²) >= 11 is 7.93. The molecule has 3 aromatic rings. The summed E-state index contributed by atoms with van der Waals surface area (Å²) in [4.78, 5) is 22.0. The van der Waals surface area contributed by atoms with Gasteiger partial charge in [-0.05, 0) is 49.2 Å². The van der Waals surface area contributed by atoms with Gasteiger partial charge >= 0.3 is 0 Å². The number of ether oxygens (including phenoxy) is 1. The van der Waals surface area contributed by atoms with Gasteiger partial charge in [0.1, 0.15) is 5.75 Å². The van der Waals surface area contributed by atoms with Gasteiger partial charge in [0.15, 0.2) is 5.13 Å². The Balaban J connectivity index is 1.37. The molecule has 0 atom stereocenters. The van der Waals surface area contributed by atoms with Crippen LogP contribution in [0.3, 0.4) is 0 Å². The average Bonchev–Trinajstić information content (AvgIpc) is 3.24. The van der Waals surface area contributed by atoms with Crippen molar-refractivity contribution in [2.75, 3.05) is 37.7 Å². The zero-order valence-corrected chi connectivity index (χ0v) is 19.6. The highest BCUT2D eigenvalue weighted by Crippen LogP contribution is 2.34. The molecule has 31 heavy (non-hydrogen) atoms. The number of unbranched alkanes of at least 4 members (excludes halogenated alkanes) is 2. The van der Waals surface area contributed by atoms with Crippen molar-refractivity contribution in [3.05, 3.63) is 52.5 Å². The van der Waals surface area contributed by atoms with Crippen LogP contribution in [0.25, 0.3) is 10.2 Å². The predicted molar refractivity (Wildman–Crippen MR) is 129 cm³/mol. The Morgan fingerprint density at radius 3 is 2.74 bits per heavy atom. The first-order valence-electron chi connectivity index (χ1n) is 10.9. The molecule has 1 amide bonds. The van der Waals surface area contributed by atoms with Crippen LogP contribution in [-0.2, 0) is 0 Å². The Kier molecular flexibility index (Phi) is 6.98. The molecule has 1 fully saturated rings. The largest absolute Gasteiger partial charge is 0.494 e. The van der Waals surface area contributed by atoms with E-state index in [0.29, 0.717) is 25.3 Å². The van der Waals surface area contributed by atoms with Gasteiger partial charge in [0.05, 0.1) is 16.8 Å². The number of amides is 1. The molecular formula is C24H28ClN3O2S. The highest BCUT2D eigenvalue weighted by molar-refractivity contribution is 7.22. The number of aromatic nitrogens is 1. The van der Waals surface area contributed by atoms with E-state index in [1.807, 2.05) is 48.2 Å². The highest BCUT2D eigenvalue weighted by atomic mass is 35.5. The molecule has 2 aromatic carbocycles. The number of rotatable bonds is 7. The molecular weight excluding hydrogens is 430 g/mol. The lowest BCUT2D eigenvalue weighted by Gasteiger charge is -2.34. The van der Waals surface area contributed by atoms with Gasteiger partial charge in [-0.15, -0.1) is 0 Å². The van der Waals surface area contributed by atoms with Crippen LogP contribution < -0.4 is 9.64 Å². The number of anilines is 1. The van der Waals surface area contributed by atoms with Crippen molar-refractivity contribution in [3.63, 3.8) is 0 Å². The lowest BCUT2D eigenvalue weighted by Crippen LogP contribution is -2.48. The lowest BCUT2D eigenvalue weighted by atomic mass is 10.1. The molecule has 164 valence electrons. The van der Waals surface area contributed by atoms with E-state index in [9.17, 15) is 4.79 Å². The number of halogens is 1. The van der Waals surface area contributed by atoms with Crippen LogP contribution in [0.2, 0.25) is 5.02 Å². The first kappa shape index (κ1) is 21.9. The summed E-state index contributed by atoms with van der Waals surface area (Å²) in [5.74, 6) is 0.828. The number of hydrogen-bond acceptors (Lipinski definition) is 5. The van der Waals surface area contributed by atoms with E-state index in [4.69, 9.17) is 21.3 Å². The quantitative estimate of drug-likeness (QED) is 0.421. The van der Waals surface area contributed by atoms with Gasteiger partial charge in [-0.1, -0.05) is 48.8 Å². The Morgan fingerprint density at radius 2 is 1.97 bits per heavy atom. The van der Waals surface area contributed by atoms with Gasteiger partial charge in [0.2, 0.25) is 0 Å². The Morgan fingerprint density at radius 1 is 1.16 bits per heavy atom. The third-order valence-corrected chi connectivity index (χ3v) is 7.16. The Hall–Kier alpha value is -2.31. The monoisotopic (exact) mass is 457 g/mol. The van der Waals surface area contributed by atoms with Crippen LogP contribution in [0, 0.1) is 6.92 Å². The van der Waals surface area contributed by atoms with Crippen molar-refractivity contribution >= 4 is 44.2 Å². The van der Waals surface area contributed by atoms with Crippen LogP contribution in [0.4, 0.5) is 5.13 Å². The number of carbonyl (C=O) groups is 1. The number of carbonyl (C=O) groups excluding carboxylic acids is 1. The SMILES string of the molecule is CCCCCOc1cccc(C(=O)N2CCN(c3nc4c(C)c(Cl)ccc4s3)CC2)c1. The second kappa shape index (κ2) is 9.88. The van der Waals surface area contributed by atoms with E-state index >= 15 is 0 Å². The van der Waals surface area contributed by atoms with Crippen molar-refractivity contribution in [1.29, 1.82) is 0 Å². The molecule has 0 saturated carbocycles. The maximum Gasteiger partial charge on any atom is 0.254 e. The fourth-order valence-corrected chi connectivity index (χ4v) is 5.00. The molecule has 1 aromatic heterocycles. The summed E-state index contributed by atoms with van der Waals surface area (Å²) in [6, 6.07) is 11.5. The zero-order valence-electron chi connectivity index (χ0n) is 18.1. The first-order valence-corrected chi connectivity index (χ1v) is 12.1. The number of benzene rings is 2. The molecule has 5 nitrogen and oxygen atoms in total. The molecule has 0 unspecified atom stereocenters. The smallest absolute Gasteiger partial charge is 0.254 e. The van der Waals surface area contributed by atoms with Crippen LogP contribution in [0.5, 0.6) is 5.75 Å². The summed E-state index contributed by atoms with van der Waals surface area (Å²) < 4.78 is 6.96. The minimum atomic E-state index is 0.0607. The van der Waals surface area contributed by atoms with Gasteiger partial charge in [-0.2, -0.15) is 0 Å². The Labute approximate surface area is 192 Å². The number of thiazole rings is 1. The van der Waals surface area contributed by atoms with Crippen molar-refractivity contribution < 1.29 is 9.53 Å². The van der Waals surface area contributed by atoms with Gasteiger partial charge in [0.25, 0.3) is 5.91 Å². The van der Waals surface area contributed by atoms with E-state index in [1.54, 1.807) is 11.3 Å². The Bertz CT molecular complexity index is 1060. The van der Waals surface area contributed by atoms with E-state index in [1.165, 1.54) is 0 Å². The fraction of sp³-hybridized carbons (Fsp3) is 0.417. The summed E-state index contributed by atoms with van der Waals surface area (Å²) in [5, 5.41) is 1.74. The fourth-order valence-electron chi connectivity index (χ4n) is 3.77. The lowest BCUT2D eigenvalue weighted by molar-refractivity contribution is 0.0746. The third kappa shape index (κ3) is 4.96. The van der Waals surface area contributed by atoms with E-state index in [2.05, 4.69) is 11.8 Å². The third-order valence-electron chi connectivity index (χ3n) is 5.67. The van der Waals surface area contributed by atoms with Gasteiger partial charge < -0.3 is 14.5 Å². The normalized spacial score (nSPS) is 14.3. The van der Waals surface area contributed by atoms with Gasteiger partial charge in [-0.3, -0.25) is 4.79 Å². The van der Waals surface area contributed by atoms with Crippen molar-refractivity contribution in [3.8, 4) is 5.75 Å². The van der Waals surface area contributed by atoms with Crippen LogP contribution in [0.1, 0.15) is 42.1 Å². The maximum absolute atomic E-state index is 13.0. The number of aryl methyl sites for hydroxylation is 1. The molecule has 1 saturated heterocycles. The standard InChI is InChI=1S/C24H28ClN3O2S/c1-3-4-5-15-30-19-8-6-7-18(16-19)23(29)27-11-13-28(14-12-27)24-26-22-17(2)20(25)9-10-21(22)31-24/h6-10,16H,3-5,11-15H2,1-2H3. The van der Waals surface area contributed by atoms with E-state index < -0.39 is 0 Å². The van der Waals surface area contributed by atoms with Gasteiger partial charge in [0, 0.05) is 36.8 Å². The number of hydrogen-bond donors (Lipinski definition) is 0.